The molecule has 1 aromatic carbocycles. The first kappa shape index (κ1) is 20.8. The molecule has 1 amide bonds. The molecule has 2 heterocycles. The molecule has 0 N–H and O–H groups in total. The van der Waals surface area contributed by atoms with Crippen LogP contribution < -0.4 is 14.2 Å². The Kier molecular flexibility index (Phi) is 7.05. The SMILES string of the molecule is COc1ccc(CN2CCC(C(=O)N3CCCC(C)C3)CC2)c(OC)c1OC. The third kappa shape index (κ3) is 4.54. The maximum absolute atomic E-state index is 12.9. The number of nitrogens with zero attached hydrogens (tertiary/aromatic N) is 2. The Hall–Kier alpha value is -1.95. The van der Waals surface area contributed by atoms with Crippen LogP contribution in [0.2, 0.25) is 0 Å². The van der Waals surface area contributed by atoms with E-state index in [0.717, 1.165) is 63.3 Å². The summed E-state index contributed by atoms with van der Waals surface area (Å²) in [7, 11) is 4.91. The molecule has 6 nitrogen and oxygen atoms in total. The molecular weight excluding hydrogens is 356 g/mol. The Balaban J connectivity index is 1.59. The Labute approximate surface area is 168 Å². The van der Waals surface area contributed by atoms with Gasteiger partial charge in [0.1, 0.15) is 0 Å². The second-order valence-electron chi connectivity index (χ2n) is 8.08. The molecule has 28 heavy (non-hydrogen) atoms. The quantitative estimate of drug-likeness (QED) is 0.747. The van der Waals surface area contributed by atoms with E-state index < -0.39 is 0 Å². The van der Waals surface area contributed by atoms with Crippen molar-refractivity contribution in [3.05, 3.63) is 17.7 Å². The Morgan fingerprint density at radius 1 is 1.00 bits per heavy atom. The van der Waals surface area contributed by atoms with E-state index in [1.54, 1.807) is 21.3 Å². The lowest BCUT2D eigenvalue weighted by atomic mass is 9.92. The van der Waals surface area contributed by atoms with Gasteiger partial charge in [-0.1, -0.05) is 13.0 Å². The van der Waals surface area contributed by atoms with E-state index in [2.05, 4.69) is 16.7 Å². The Bertz CT molecular complexity index is 671. The van der Waals surface area contributed by atoms with Crippen LogP contribution in [0.15, 0.2) is 12.1 Å². The number of rotatable bonds is 6. The molecule has 1 unspecified atom stereocenters. The minimum absolute atomic E-state index is 0.175. The highest BCUT2D eigenvalue weighted by atomic mass is 16.5. The molecule has 0 aromatic heterocycles. The van der Waals surface area contributed by atoms with Crippen molar-refractivity contribution in [1.82, 2.24) is 9.80 Å². The second-order valence-corrected chi connectivity index (χ2v) is 8.08. The standard InChI is InChI=1S/C22H34N2O4/c1-16-6-5-11-24(14-16)22(25)17-9-12-23(13-10-17)15-18-7-8-19(26-2)21(28-4)20(18)27-3/h7-8,16-17H,5-6,9-15H2,1-4H3. The van der Waals surface area contributed by atoms with Crippen LogP contribution in [0.5, 0.6) is 17.2 Å². The van der Waals surface area contributed by atoms with Crippen LogP contribution in [0.3, 0.4) is 0 Å². The van der Waals surface area contributed by atoms with Crippen molar-refractivity contribution in [3.63, 3.8) is 0 Å². The number of carbonyl (C=O) groups is 1. The molecule has 2 saturated heterocycles. The van der Waals surface area contributed by atoms with E-state index in [0.29, 0.717) is 23.3 Å². The number of hydrogen-bond acceptors (Lipinski definition) is 5. The van der Waals surface area contributed by atoms with E-state index in [-0.39, 0.29) is 5.92 Å². The van der Waals surface area contributed by atoms with Gasteiger partial charge in [0.2, 0.25) is 11.7 Å². The van der Waals surface area contributed by atoms with E-state index >= 15 is 0 Å². The van der Waals surface area contributed by atoms with Gasteiger partial charge in [0.25, 0.3) is 0 Å². The monoisotopic (exact) mass is 390 g/mol. The van der Waals surface area contributed by atoms with Gasteiger partial charge in [-0.2, -0.15) is 0 Å². The maximum Gasteiger partial charge on any atom is 0.225 e. The topological polar surface area (TPSA) is 51.2 Å². The maximum atomic E-state index is 12.9. The molecule has 0 spiro atoms. The zero-order chi connectivity index (χ0) is 20.1. The van der Waals surface area contributed by atoms with Gasteiger partial charge < -0.3 is 19.1 Å². The van der Waals surface area contributed by atoms with Crippen LogP contribution in [0.4, 0.5) is 0 Å². The predicted octanol–water partition coefficient (Wildman–Crippen LogP) is 3.18. The summed E-state index contributed by atoms with van der Waals surface area (Å²) < 4.78 is 16.5. The van der Waals surface area contributed by atoms with Crippen molar-refractivity contribution in [2.75, 3.05) is 47.5 Å². The lowest BCUT2D eigenvalue weighted by Gasteiger charge is -2.37. The van der Waals surface area contributed by atoms with Crippen LogP contribution in [-0.4, -0.2) is 63.2 Å². The highest BCUT2D eigenvalue weighted by molar-refractivity contribution is 5.79. The van der Waals surface area contributed by atoms with Gasteiger partial charge in [-0.05, 0) is 50.8 Å². The summed E-state index contributed by atoms with van der Waals surface area (Å²) in [6, 6.07) is 3.96. The number of amides is 1. The largest absolute Gasteiger partial charge is 0.493 e. The molecule has 0 bridgehead atoms. The average molecular weight is 391 g/mol. The first-order valence-corrected chi connectivity index (χ1v) is 10.4. The molecule has 2 aliphatic rings. The van der Waals surface area contributed by atoms with Crippen LogP contribution in [-0.2, 0) is 11.3 Å². The number of likely N-dealkylation sites (tertiary alicyclic amines) is 2. The van der Waals surface area contributed by atoms with Crippen LogP contribution in [0.1, 0.15) is 38.2 Å². The van der Waals surface area contributed by atoms with Gasteiger partial charge >= 0.3 is 0 Å². The molecule has 2 aliphatic heterocycles. The van der Waals surface area contributed by atoms with E-state index in [4.69, 9.17) is 14.2 Å². The van der Waals surface area contributed by atoms with Crippen molar-refractivity contribution in [3.8, 4) is 17.2 Å². The van der Waals surface area contributed by atoms with Crippen molar-refractivity contribution < 1.29 is 19.0 Å². The Morgan fingerprint density at radius 3 is 2.32 bits per heavy atom. The first-order valence-electron chi connectivity index (χ1n) is 10.4. The number of piperidine rings is 2. The second kappa shape index (κ2) is 9.50. The zero-order valence-electron chi connectivity index (χ0n) is 17.7. The van der Waals surface area contributed by atoms with E-state index in [9.17, 15) is 4.79 Å². The number of ether oxygens (including phenoxy) is 3. The number of methoxy groups -OCH3 is 3. The Morgan fingerprint density at radius 2 is 1.71 bits per heavy atom. The van der Waals surface area contributed by atoms with Gasteiger partial charge in [-0.3, -0.25) is 9.69 Å². The van der Waals surface area contributed by atoms with Crippen LogP contribution >= 0.6 is 0 Å². The summed E-state index contributed by atoms with van der Waals surface area (Å²) in [5, 5.41) is 0. The molecule has 156 valence electrons. The van der Waals surface area contributed by atoms with Gasteiger partial charge in [0.05, 0.1) is 21.3 Å². The molecule has 0 saturated carbocycles. The fourth-order valence-corrected chi connectivity index (χ4v) is 4.51. The van der Waals surface area contributed by atoms with E-state index in [1.807, 2.05) is 12.1 Å². The molecule has 0 aliphatic carbocycles. The minimum atomic E-state index is 0.175. The first-order chi connectivity index (χ1) is 13.6. The third-order valence-electron chi connectivity index (χ3n) is 6.09. The zero-order valence-corrected chi connectivity index (χ0v) is 17.7. The summed E-state index contributed by atoms with van der Waals surface area (Å²) in [6.07, 6.45) is 4.25. The summed E-state index contributed by atoms with van der Waals surface area (Å²) in [5.41, 5.74) is 1.08. The summed E-state index contributed by atoms with van der Waals surface area (Å²) in [5.74, 6) is 3.20. The van der Waals surface area contributed by atoms with Crippen molar-refractivity contribution in [2.24, 2.45) is 11.8 Å². The third-order valence-corrected chi connectivity index (χ3v) is 6.09. The molecule has 2 fully saturated rings. The molecular formula is C22H34N2O4. The lowest BCUT2D eigenvalue weighted by Crippen LogP contribution is -2.45. The minimum Gasteiger partial charge on any atom is -0.493 e. The van der Waals surface area contributed by atoms with Crippen LogP contribution in [0, 0.1) is 11.8 Å². The predicted molar refractivity (Wildman–Crippen MR) is 109 cm³/mol. The van der Waals surface area contributed by atoms with Gasteiger partial charge in [0.15, 0.2) is 11.5 Å². The number of benzene rings is 1. The van der Waals surface area contributed by atoms with Crippen molar-refractivity contribution in [2.45, 2.75) is 39.2 Å². The van der Waals surface area contributed by atoms with Gasteiger partial charge in [-0.15, -0.1) is 0 Å². The summed E-state index contributed by atoms with van der Waals surface area (Å²) >= 11 is 0. The van der Waals surface area contributed by atoms with Crippen molar-refractivity contribution >= 4 is 5.91 Å². The molecule has 1 atom stereocenters. The molecule has 1 aromatic rings. The van der Waals surface area contributed by atoms with E-state index in [1.165, 1.54) is 6.42 Å². The summed E-state index contributed by atoms with van der Waals surface area (Å²) in [6.45, 7) is 6.76. The molecule has 0 radical (unpaired) electrons. The fourth-order valence-electron chi connectivity index (χ4n) is 4.51. The number of hydrogen-bond donors (Lipinski definition) is 0. The molecule has 6 heteroatoms. The summed E-state index contributed by atoms with van der Waals surface area (Å²) in [4.78, 5) is 17.4. The van der Waals surface area contributed by atoms with Crippen molar-refractivity contribution in [1.29, 1.82) is 0 Å². The van der Waals surface area contributed by atoms with Gasteiger partial charge in [0, 0.05) is 31.1 Å². The number of carbonyl (C=O) groups excluding carboxylic acids is 1. The molecule has 3 rings (SSSR count). The lowest BCUT2D eigenvalue weighted by molar-refractivity contribution is -0.138. The van der Waals surface area contributed by atoms with Gasteiger partial charge in [-0.25, -0.2) is 0 Å². The highest BCUT2D eigenvalue weighted by Gasteiger charge is 2.31. The normalized spacial score (nSPS) is 21.4. The van der Waals surface area contributed by atoms with Crippen LogP contribution in [0.25, 0.3) is 0 Å². The fraction of sp³-hybridized carbons (Fsp3) is 0.682. The smallest absolute Gasteiger partial charge is 0.225 e. The highest BCUT2D eigenvalue weighted by Crippen LogP contribution is 2.40. The average Bonchev–Trinajstić information content (AvgIpc) is 2.73.